The van der Waals surface area contributed by atoms with E-state index in [1.165, 1.54) is 6.26 Å². The first kappa shape index (κ1) is 11.0. The number of hydrogen-bond donors (Lipinski definition) is 1. The van der Waals surface area contributed by atoms with Crippen molar-refractivity contribution in [2.45, 2.75) is 6.10 Å². The van der Waals surface area contributed by atoms with Gasteiger partial charge in [-0.2, -0.15) is 0 Å². The topological polar surface area (TPSA) is 42.6 Å². The monoisotopic (exact) mass is 238 g/mol. The van der Waals surface area contributed by atoms with Gasteiger partial charge in [0.2, 0.25) is 0 Å². The average Bonchev–Trinajstić information content (AvgIpc) is 2.79. The molecule has 0 aliphatic heterocycles. The van der Waals surface area contributed by atoms with Crippen LogP contribution in [0.1, 0.15) is 11.9 Å². The molecule has 0 spiro atoms. The highest BCUT2D eigenvalue weighted by Crippen LogP contribution is 2.19. The van der Waals surface area contributed by atoms with Gasteiger partial charge in [0.1, 0.15) is 24.2 Å². The maximum Gasteiger partial charge on any atom is 0.145 e. The Labute approximate surface area is 98.2 Å². The summed E-state index contributed by atoms with van der Waals surface area (Å²) in [4.78, 5) is 0. The van der Waals surface area contributed by atoms with Gasteiger partial charge in [0.15, 0.2) is 0 Å². The number of benzene rings is 1. The molecule has 1 heterocycles. The molecule has 3 nitrogen and oxygen atoms in total. The van der Waals surface area contributed by atoms with E-state index in [4.69, 9.17) is 20.8 Å². The van der Waals surface area contributed by atoms with Crippen molar-refractivity contribution in [3.05, 3.63) is 53.4 Å². The molecule has 4 heteroatoms. The van der Waals surface area contributed by atoms with Crippen molar-refractivity contribution in [2.75, 3.05) is 6.61 Å². The van der Waals surface area contributed by atoms with Gasteiger partial charge in [0, 0.05) is 5.02 Å². The highest BCUT2D eigenvalue weighted by molar-refractivity contribution is 6.30. The molecular weight excluding hydrogens is 228 g/mol. The maximum absolute atomic E-state index is 9.69. The van der Waals surface area contributed by atoms with Crippen LogP contribution in [0.2, 0.25) is 5.02 Å². The summed E-state index contributed by atoms with van der Waals surface area (Å²) >= 11 is 5.80. The summed E-state index contributed by atoms with van der Waals surface area (Å²) in [6.45, 7) is 0.133. The zero-order valence-electron chi connectivity index (χ0n) is 8.47. The molecule has 0 aliphatic rings. The molecule has 0 saturated carbocycles. The predicted octanol–water partition coefficient (Wildman–Crippen LogP) is 3.05. The van der Waals surface area contributed by atoms with Crippen molar-refractivity contribution >= 4 is 11.6 Å². The Morgan fingerprint density at radius 3 is 2.88 bits per heavy atom. The smallest absolute Gasteiger partial charge is 0.145 e. The highest BCUT2D eigenvalue weighted by atomic mass is 35.5. The normalized spacial score (nSPS) is 12.4. The molecule has 0 aliphatic carbocycles. The summed E-state index contributed by atoms with van der Waals surface area (Å²) in [6, 6.07) is 10.4. The number of furan rings is 1. The molecule has 1 aromatic carbocycles. The molecule has 16 heavy (non-hydrogen) atoms. The molecule has 1 atom stereocenters. The molecule has 2 aromatic rings. The number of aliphatic hydroxyl groups is 1. The van der Waals surface area contributed by atoms with Crippen LogP contribution >= 0.6 is 11.6 Å². The fraction of sp³-hybridized carbons (Fsp3) is 0.167. The number of rotatable bonds is 4. The van der Waals surface area contributed by atoms with Crippen LogP contribution in [0.4, 0.5) is 0 Å². The average molecular weight is 239 g/mol. The van der Waals surface area contributed by atoms with Crippen LogP contribution in [0.15, 0.2) is 47.1 Å². The van der Waals surface area contributed by atoms with Gasteiger partial charge in [-0.05, 0) is 30.3 Å². The second kappa shape index (κ2) is 5.05. The van der Waals surface area contributed by atoms with E-state index in [9.17, 15) is 5.11 Å². The Kier molecular flexibility index (Phi) is 3.49. The number of aliphatic hydroxyl groups excluding tert-OH is 1. The van der Waals surface area contributed by atoms with Gasteiger partial charge >= 0.3 is 0 Å². The van der Waals surface area contributed by atoms with E-state index in [0.29, 0.717) is 16.5 Å². The van der Waals surface area contributed by atoms with Gasteiger partial charge in [-0.3, -0.25) is 0 Å². The van der Waals surface area contributed by atoms with Crippen molar-refractivity contribution in [1.82, 2.24) is 0 Å². The molecule has 1 aromatic heterocycles. The van der Waals surface area contributed by atoms with E-state index < -0.39 is 6.10 Å². The molecule has 1 N–H and O–H groups in total. The lowest BCUT2D eigenvalue weighted by molar-refractivity contribution is 0.0888. The van der Waals surface area contributed by atoms with E-state index in [1.54, 1.807) is 36.4 Å². The summed E-state index contributed by atoms with van der Waals surface area (Å²) in [5, 5.41) is 10.3. The van der Waals surface area contributed by atoms with Crippen LogP contribution in [-0.2, 0) is 0 Å². The Morgan fingerprint density at radius 2 is 2.19 bits per heavy atom. The lowest BCUT2D eigenvalue weighted by Crippen LogP contribution is -2.08. The number of ether oxygens (including phenoxy) is 1. The minimum absolute atomic E-state index is 0.133. The third-order valence-electron chi connectivity index (χ3n) is 2.08. The first-order chi connectivity index (χ1) is 7.75. The highest BCUT2D eigenvalue weighted by Gasteiger charge is 2.10. The van der Waals surface area contributed by atoms with Crippen LogP contribution in [0.5, 0.6) is 5.75 Å². The molecule has 2 rings (SSSR count). The molecule has 0 bridgehead atoms. The van der Waals surface area contributed by atoms with Gasteiger partial charge in [-0.1, -0.05) is 17.7 Å². The third-order valence-corrected chi connectivity index (χ3v) is 2.31. The molecule has 0 amide bonds. The van der Waals surface area contributed by atoms with E-state index in [1.807, 2.05) is 0 Å². The first-order valence-corrected chi connectivity index (χ1v) is 5.23. The Balaban J connectivity index is 1.92. The minimum atomic E-state index is -0.769. The zero-order valence-corrected chi connectivity index (χ0v) is 9.22. The van der Waals surface area contributed by atoms with E-state index >= 15 is 0 Å². The molecule has 0 radical (unpaired) electrons. The molecule has 0 saturated heterocycles. The Hall–Kier alpha value is -1.45. The summed E-state index contributed by atoms with van der Waals surface area (Å²) in [6.07, 6.45) is 0.742. The lowest BCUT2D eigenvalue weighted by atomic mass is 10.3. The third kappa shape index (κ3) is 2.78. The van der Waals surface area contributed by atoms with Gasteiger partial charge < -0.3 is 14.3 Å². The van der Waals surface area contributed by atoms with Crippen LogP contribution in [0, 0.1) is 0 Å². The summed E-state index contributed by atoms with van der Waals surface area (Å²) in [5.41, 5.74) is 0. The van der Waals surface area contributed by atoms with Gasteiger partial charge in [-0.25, -0.2) is 0 Å². The second-order valence-electron chi connectivity index (χ2n) is 3.30. The minimum Gasteiger partial charge on any atom is -0.490 e. The SMILES string of the molecule is OC(COc1cccc(Cl)c1)c1ccco1. The van der Waals surface area contributed by atoms with Crippen molar-refractivity contribution in [3.8, 4) is 5.75 Å². The lowest BCUT2D eigenvalue weighted by Gasteiger charge is -2.10. The van der Waals surface area contributed by atoms with E-state index in [-0.39, 0.29) is 6.61 Å². The van der Waals surface area contributed by atoms with Crippen LogP contribution in [0.3, 0.4) is 0 Å². The quantitative estimate of drug-likeness (QED) is 0.890. The van der Waals surface area contributed by atoms with Gasteiger partial charge in [-0.15, -0.1) is 0 Å². The molecule has 1 unspecified atom stereocenters. The predicted molar refractivity (Wildman–Crippen MR) is 60.6 cm³/mol. The van der Waals surface area contributed by atoms with Gasteiger partial charge in [0.05, 0.1) is 6.26 Å². The maximum atomic E-state index is 9.69. The largest absolute Gasteiger partial charge is 0.490 e. The molecular formula is C12H11ClO3. The first-order valence-electron chi connectivity index (χ1n) is 4.85. The summed E-state index contributed by atoms with van der Waals surface area (Å²) in [7, 11) is 0. The standard InChI is InChI=1S/C12H11ClO3/c13-9-3-1-4-10(7-9)16-8-11(14)12-5-2-6-15-12/h1-7,11,14H,8H2. The van der Waals surface area contributed by atoms with Crippen molar-refractivity contribution < 1.29 is 14.3 Å². The summed E-state index contributed by atoms with van der Waals surface area (Å²) in [5.74, 6) is 1.11. The Morgan fingerprint density at radius 1 is 1.31 bits per heavy atom. The second-order valence-corrected chi connectivity index (χ2v) is 3.74. The number of halogens is 1. The Bertz CT molecular complexity index is 439. The number of hydrogen-bond acceptors (Lipinski definition) is 3. The van der Waals surface area contributed by atoms with E-state index in [2.05, 4.69) is 0 Å². The fourth-order valence-corrected chi connectivity index (χ4v) is 1.48. The zero-order chi connectivity index (χ0) is 11.4. The van der Waals surface area contributed by atoms with Crippen LogP contribution < -0.4 is 4.74 Å². The van der Waals surface area contributed by atoms with Crippen molar-refractivity contribution in [2.24, 2.45) is 0 Å². The fourth-order valence-electron chi connectivity index (χ4n) is 1.29. The molecule has 0 fully saturated rings. The van der Waals surface area contributed by atoms with Crippen molar-refractivity contribution in [1.29, 1.82) is 0 Å². The van der Waals surface area contributed by atoms with Gasteiger partial charge in [0.25, 0.3) is 0 Å². The molecule has 84 valence electrons. The summed E-state index contributed by atoms with van der Waals surface area (Å²) < 4.78 is 10.4. The van der Waals surface area contributed by atoms with Crippen molar-refractivity contribution in [3.63, 3.8) is 0 Å². The van der Waals surface area contributed by atoms with Crippen LogP contribution in [0.25, 0.3) is 0 Å². The van der Waals surface area contributed by atoms with E-state index in [0.717, 1.165) is 0 Å². The van der Waals surface area contributed by atoms with Crippen LogP contribution in [-0.4, -0.2) is 11.7 Å².